The Morgan fingerprint density at radius 3 is 2.71 bits per heavy atom. The molecule has 3 rings (SSSR count). The van der Waals surface area contributed by atoms with Crippen molar-refractivity contribution in [2.24, 2.45) is 0 Å². The molecule has 0 bridgehead atoms. The zero-order chi connectivity index (χ0) is 17.3. The van der Waals surface area contributed by atoms with Crippen molar-refractivity contribution in [2.75, 3.05) is 16.8 Å². The monoisotopic (exact) mass is 342 g/mol. The maximum atomic E-state index is 12.4. The van der Waals surface area contributed by atoms with Crippen molar-refractivity contribution in [3.8, 4) is 0 Å². The third-order valence-corrected chi connectivity index (χ3v) is 4.75. The van der Waals surface area contributed by atoms with E-state index in [4.69, 9.17) is 11.6 Å². The molecular formula is C19H19ClN2O2. The van der Waals surface area contributed by atoms with E-state index in [0.29, 0.717) is 23.7 Å². The average Bonchev–Trinajstić information content (AvgIpc) is 2.90. The van der Waals surface area contributed by atoms with Crippen LogP contribution in [0.4, 0.5) is 11.4 Å². The highest BCUT2D eigenvalue weighted by Gasteiger charge is 2.31. The van der Waals surface area contributed by atoms with Gasteiger partial charge in [-0.05, 0) is 36.2 Å². The van der Waals surface area contributed by atoms with Crippen LogP contribution in [0.2, 0.25) is 5.02 Å². The SMILES string of the molecule is CC(=O)N1CC(CC(=O)Nc2ccc(C)c(Cl)c2)c2ccccc21. The molecule has 1 aliphatic rings. The summed E-state index contributed by atoms with van der Waals surface area (Å²) < 4.78 is 0. The molecule has 2 amide bonds. The smallest absolute Gasteiger partial charge is 0.225 e. The lowest BCUT2D eigenvalue weighted by molar-refractivity contribution is -0.118. The number of aryl methyl sites for hydroxylation is 1. The Balaban J connectivity index is 1.73. The molecule has 0 spiro atoms. The Kier molecular flexibility index (Phi) is 4.58. The largest absolute Gasteiger partial charge is 0.326 e. The predicted molar refractivity (Wildman–Crippen MR) is 96.6 cm³/mol. The van der Waals surface area contributed by atoms with E-state index in [0.717, 1.165) is 16.8 Å². The van der Waals surface area contributed by atoms with Gasteiger partial charge in [-0.3, -0.25) is 9.59 Å². The molecule has 1 N–H and O–H groups in total. The second kappa shape index (κ2) is 6.65. The summed E-state index contributed by atoms with van der Waals surface area (Å²) in [5.74, 6) is -0.0816. The Labute approximate surface area is 146 Å². The topological polar surface area (TPSA) is 49.4 Å². The average molecular weight is 343 g/mol. The summed E-state index contributed by atoms with van der Waals surface area (Å²) in [6.45, 7) is 4.00. The van der Waals surface area contributed by atoms with Crippen molar-refractivity contribution < 1.29 is 9.59 Å². The van der Waals surface area contributed by atoms with E-state index in [1.807, 2.05) is 43.3 Å². The molecule has 0 aliphatic carbocycles. The standard InChI is InChI=1S/C19H19ClN2O2/c1-12-7-8-15(10-17(12)20)21-19(24)9-14-11-22(13(2)23)18-6-4-3-5-16(14)18/h3-8,10,14H,9,11H2,1-2H3,(H,21,24). The highest BCUT2D eigenvalue weighted by molar-refractivity contribution is 6.31. The Morgan fingerprint density at radius 1 is 1.25 bits per heavy atom. The fourth-order valence-corrected chi connectivity index (χ4v) is 3.26. The van der Waals surface area contributed by atoms with Gasteiger partial charge in [0.25, 0.3) is 0 Å². The van der Waals surface area contributed by atoms with Crippen LogP contribution < -0.4 is 10.2 Å². The first-order valence-electron chi connectivity index (χ1n) is 7.88. The van der Waals surface area contributed by atoms with Crippen molar-refractivity contribution in [1.29, 1.82) is 0 Å². The summed E-state index contributed by atoms with van der Waals surface area (Å²) >= 11 is 6.09. The Morgan fingerprint density at radius 2 is 2.00 bits per heavy atom. The lowest BCUT2D eigenvalue weighted by Gasteiger charge is -2.15. The van der Waals surface area contributed by atoms with Crippen LogP contribution in [-0.4, -0.2) is 18.4 Å². The van der Waals surface area contributed by atoms with E-state index in [1.54, 1.807) is 17.9 Å². The van der Waals surface area contributed by atoms with Crippen LogP contribution in [-0.2, 0) is 9.59 Å². The number of rotatable bonds is 3. The summed E-state index contributed by atoms with van der Waals surface area (Å²) in [6, 6.07) is 13.2. The molecule has 2 aromatic carbocycles. The van der Waals surface area contributed by atoms with Crippen molar-refractivity contribution >= 4 is 34.8 Å². The summed E-state index contributed by atoms with van der Waals surface area (Å²) in [5, 5.41) is 3.51. The predicted octanol–water partition coefficient (Wildman–Crippen LogP) is 4.13. The van der Waals surface area contributed by atoms with Gasteiger partial charge in [0.05, 0.1) is 0 Å². The van der Waals surface area contributed by atoms with E-state index in [2.05, 4.69) is 5.32 Å². The number of nitrogens with one attached hydrogen (secondary N) is 1. The van der Waals surface area contributed by atoms with Crippen LogP contribution in [0, 0.1) is 6.92 Å². The quantitative estimate of drug-likeness (QED) is 0.911. The number of hydrogen-bond donors (Lipinski definition) is 1. The minimum Gasteiger partial charge on any atom is -0.326 e. The van der Waals surface area contributed by atoms with E-state index in [-0.39, 0.29) is 17.7 Å². The van der Waals surface area contributed by atoms with Gasteiger partial charge in [0.1, 0.15) is 0 Å². The van der Waals surface area contributed by atoms with Crippen LogP contribution in [0.15, 0.2) is 42.5 Å². The van der Waals surface area contributed by atoms with Gasteiger partial charge in [-0.2, -0.15) is 0 Å². The summed E-state index contributed by atoms with van der Waals surface area (Å²) in [5.41, 5.74) is 3.60. The molecule has 124 valence electrons. The first kappa shape index (κ1) is 16.5. The molecule has 0 radical (unpaired) electrons. The minimum absolute atomic E-state index is 0.00401. The second-order valence-corrected chi connectivity index (χ2v) is 6.51. The van der Waals surface area contributed by atoms with Crippen LogP contribution in [0.25, 0.3) is 0 Å². The maximum absolute atomic E-state index is 12.4. The molecule has 0 saturated carbocycles. The van der Waals surface area contributed by atoms with E-state index < -0.39 is 0 Å². The zero-order valence-electron chi connectivity index (χ0n) is 13.7. The molecule has 1 aliphatic heterocycles. The normalized spacial score (nSPS) is 16.0. The van der Waals surface area contributed by atoms with E-state index >= 15 is 0 Å². The Hall–Kier alpha value is -2.33. The summed E-state index contributed by atoms with van der Waals surface area (Å²) in [4.78, 5) is 25.9. The van der Waals surface area contributed by atoms with Crippen LogP contribution in [0.5, 0.6) is 0 Å². The molecule has 2 aromatic rings. The molecule has 0 aromatic heterocycles. The van der Waals surface area contributed by atoms with Crippen LogP contribution in [0.1, 0.15) is 30.4 Å². The molecule has 1 heterocycles. The molecule has 1 atom stereocenters. The van der Waals surface area contributed by atoms with Crippen LogP contribution in [0.3, 0.4) is 0 Å². The maximum Gasteiger partial charge on any atom is 0.225 e. The van der Waals surface area contributed by atoms with Crippen molar-refractivity contribution in [3.63, 3.8) is 0 Å². The molecule has 1 unspecified atom stereocenters. The van der Waals surface area contributed by atoms with Crippen molar-refractivity contribution in [2.45, 2.75) is 26.2 Å². The third kappa shape index (κ3) is 3.29. The molecular weight excluding hydrogens is 324 g/mol. The molecule has 24 heavy (non-hydrogen) atoms. The first-order valence-corrected chi connectivity index (χ1v) is 8.26. The number of carbonyl (C=O) groups is 2. The van der Waals surface area contributed by atoms with E-state index in [9.17, 15) is 9.59 Å². The number of fused-ring (bicyclic) bond motifs is 1. The van der Waals surface area contributed by atoms with Gasteiger partial charge in [0, 0.05) is 42.2 Å². The fourth-order valence-electron chi connectivity index (χ4n) is 3.07. The lowest BCUT2D eigenvalue weighted by Crippen LogP contribution is -2.28. The lowest BCUT2D eigenvalue weighted by atomic mass is 9.97. The van der Waals surface area contributed by atoms with Gasteiger partial charge in [-0.15, -0.1) is 0 Å². The number of benzene rings is 2. The number of amides is 2. The minimum atomic E-state index is -0.0832. The summed E-state index contributed by atoms with van der Waals surface area (Å²) in [7, 11) is 0. The Bertz CT molecular complexity index is 804. The van der Waals surface area contributed by atoms with Gasteiger partial charge in [-0.1, -0.05) is 35.9 Å². The molecule has 0 fully saturated rings. The number of para-hydroxylation sites is 1. The van der Waals surface area contributed by atoms with Crippen molar-refractivity contribution in [3.05, 3.63) is 58.6 Å². The summed E-state index contributed by atoms with van der Waals surface area (Å²) in [6.07, 6.45) is 0.326. The molecule has 4 nitrogen and oxygen atoms in total. The van der Waals surface area contributed by atoms with Gasteiger partial charge >= 0.3 is 0 Å². The molecule has 0 saturated heterocycles. The van der Waals surface area contributed by atoms with Gasteiger partial charge in [-0.25, -0.2) is 0 Å². The number of anilines is 2. The highest BCUT2D eigenvalue weighted by Crippen LogP contribution is 2.38. The van der Waals surface area contributed by atoms with Gasteiger partial charge in [0.2, 0.25) is 11.8 Å². The second-order valence-electron chi connectivity index (χ2n) is 6.10. The number of nitrogens with zero attached hydrogens (tertiary/aromatic N) is 1. The first-order chi connectivity index (χ1) is 11.5. The van der Waals surface area contributed by atoms with Gasteiger partial charge < -0.3 is 10.2 Å². The fraction of sp³-hybridized carbons (Fsp3) is 0.263. The number of halogens is 1. The number of hydrogen-bond acceptors (Lipinski definition) is 2. The number of carbonyl (C=O) groups excluding carboxylic acids is 2. The highest BCUT2D eigenvalue weighted by atomic mass is 35.5. The van der Waals surface area contributed by atoms with Crippen LogP contribution >= 0.6 is 11.6 Å². The van der Waals surface area contributed by atoms with Gasteiger partial charge in [0.15, 0.2) is 0 Å². The molecule has 5 heteroatoms. The third-order valence-electron chi connectivity index (χ3n) is 4.34. The van der Waals surface area contributed by atoms with E-state index in [1.165, 1.54) is 0 Å². The zero-order valence-corrected chi connectivity index (χ0v) is 14.4. The van der Waals surface area contributed by atoms with Crippen molar-refractivity contribution in [1.82, 2.24) is 0 Å².